The fourth-order valence-electron chi connectivity index (χ4n) is 5.58. The van der Waals surface area contributed by atoms with E-state index in [9.17, 15) is 13.2 Å². The maximum absolute atomic E-state index is 14.9. The van der Waals surface area contributed by atoms with Crippen molar-refractivity contribution in [3.63, 3.8) is 0 Å². The molecule has 0 amide bonds. The number of halogens is 3. The van der Waals surface area contributed by atoms with Crippen LogP contribution in [-0.2, 0) is 4.74 Å². The van der Waals surface area contributed by atoms with Gasteiger partial charge in [0, 0.05) is 12.5 Å². The largest absolute Gasteiger partial charge is 0.375 e. The van der Waals surface area contributed by atoms with Crippen molar-refractivity contribution in [2.24, 2.45) is 29.6 Å². The lowest BCUT2D eigenvalue weighted by Crippen LogP contribution is -2.54. The second kappa shape index (κ2) is 8.45. The van der Waals surface area contributed by atoms with Crippen molar-refractivity contribution in [3.8, 4) is 0 Å². The molecule has 0 N–H and O–H groups in total. The van der Waals surface area contributed by atoms with E-state index in [1.54, 1.807) is 0 Å². The third kappa shape index (κ3) is 3.94. The van der Waals surface area contributed by atoms with Gasteiger partial charge in [-0.3, -0.25) is 0 Å². The van der Waals surface area contributed by atoms with Crippen LogP contribution in [0.25, 0.3) is 0 Å². The first-order valence-corrected chi connectivity index (χ1v) is 10.2. The molecule has 1 nitrogen and oxygen atoms in total. The Kier molecular flexibility index (Phi) is 6.51. The van der Waals surface area contributed by atoms with E-state index in [2.05, 4.69) is 6.58 Å². The summed E-state index contributed by atoms with van der Waals surface area (Å²) in [4.78, 5) is 0. The van der Waals surface area contributed by atoms with Crippen LogP contribution >= 0.6 is 0 Å². The monoisotopic (exact) mass is 358 g/mol. The minimum Gasteiger partial charge on any atom is -0.375 e. The molecule has 3 saturated carbocycles. The van der Waals surface area contributed by atoms with E-state index in [4.69, 9.17) is 4.74 Å². The molecular formula is C21H33F3O. The summed E-state index contributed by atoms with van der Waals surface area (Å²) in [6, 6.07) is 0. The maximum Gasteiger partial charge on any atom is 0.137 e. The van der Waals surface area contributed by atoms with Crippen molar-refractivity contribution in [2.45, 2.75) is 82.9 Å². The van der Waals surface area contributed by atoms with E-state index >= 15 is 0 Å². The van der Waals surface area contributed by atoms with E-state index in [0.717, 1.165) is 38.5 Å². The van der Waals surface area contributed by atoms with Gasteiger partial charge in [-0.2, -0.15) is 0 Å². The predicted molar refractivity (Wildman–Crippen MR) is 94.7 cm³/mol. The van der Waals surface area contributed by atoms with Crippen LogP contribution in [0.1, 0.15) is 58.3 Å². The van der Waals surface area contributed by atoms with E-state index in [1.165, 1.54) is 0 Å². The molecule has 3 aliphatic rings. The SMILES string of the molecule is C=CC1CCC(C2CC3CCC(OCCC)C(F)C3C(F)C2F)CC1. The van der Waals surface area contributed by atoms with Crippen LogP contribution in [0.15, 0.2) is 12.7 Å². The van der Waals surface area contributed by atoms with Gasteiger partial charge in [-0.15, -0.1) is 6.58 Å². The van der Waals surface area contributed by atoms with Crippen molar-refractivity contribution in [1.29, 1.82) is 0 Å². The molecule has 0 heterocycles. The van der Waals surface area contributed by atoms with Crippen molar-refractivity contribution in [3.05, 3.63) is 12.7 Å². The smallest absolute Gasteiger partial charge is 0.137 e. The molecule has 0 aromatic heterocycles. The third-order valence-corrected chi connectivity index (χ3v) is 7.04. The molecule has 0 saturated heterocycles. The zero-order valence-electron chi connectivity index (χ0n) is 15.4. The van der Waals surface area contributed by atoms with Crippen molar-refractivity contribution < 1.29 is 17.9 Å². The molecule has 25 heavy (non-hydrogen) atoms. The molecule has 7 unspecified atom stereocenters. The standard InChI is InChI=1S/C21H33F3O/c1-3-11-25-17-10-9-15-12-16(14-7-5-13(4-2)6-8-14)19(22)21(24)18(15)20(17)23/h4,13-21H,2-3,5-12H2,1H3. The summed E-state index contributed by atoms with van der Waals surface area (Å²) in [7, 11) is 0. The highest BCUT2D eigenvalue weighted by molar-refractivity contribution is 5.02. The predicted octanol–water partition coefficient (Wildman–Crippen LogP) is 5.83. The summed E-state index contributed by atoms with van der Waals surface area (Å²) in [5.74, 6) is -0.306. The average Bonchev–Trinajstić information content (AvgIpc) is 2.64. The Morgan fingerprint density at radius 1 is 0.920 bits per heavy atom. The minimum absolute atomic E-state index is 0.0272. The average molecular weight is 358 g/mol. The van der Waals surface area contributed by atoms with Crippen LogP contribution in [0.5, 0.6) is 0 Å². The minimum atomic E-state index is -1.68. The molecule has 0 aromatic rings. The van der Waals surface area contributed by atoms with Gasteiger partial charge in [0.2, 0.25) is 0 Å². The van der Waals surface area contributed by atoms with Crippen LogP contribution in [0.4, 0.5) is 13.2 Å². The third-order valence-electron chi connectivity index (χ3n) is 7.04. The van der Waals surface area contributed by atoms with Gasteiger partial charge in [0.05, 0.1) is 6.10 Å². The van der Waals surface area contributed by atoms with Gasteiger partial charge in [0.1, 0.15) is 18.5 Å². The lowest BCUT2D eigenvalue weighted by Gasteiger charge is -2.49. The molecule has 7 atom stereocenters. The highest BCUT2D eigenvalue weighted by Gasteiger charge is 2.54. The van der Waals surface area contributed by atoms with E-state index < -0.39 is 30.5 Å². The normalized spacial score (nSPS) is 47.9. The van der Waals surface area contributed by atoms with Gasteiger partial charge in [-0.05, 0) is 75.0 Å². The Morgan fingerprint density at radius 3 is 2.24 bits per heavy atom. The van der Waals surface area contributed by atoms with Crippen LogP contribution in [-0.4, -0.2) is 31.2 Å². The summed E-state index contributed by atoms with van der Waals surface area (Å²) in [6.07, 6.45) is 3.72. The van der Waals surface area contributed by atoms with Gasteiger partial charge in [-0.1, -0.05) is 13.0 Å². The molecular weight excluding hydrogens is 325 g/mol. The number of allylic oxidation sites excluding steroid dienone is 1. The summed E-state index contributed by atoms with van der Waals surface area (Å²) in [5.41, 5.74) is 0. The lowest BCUT2D eigenvalue weighted by atomic mass is 9.60. The zero-order valence-corrected chi connectivity index (χ0v) is 15.4. The second-order valence-electron chi connectivity index (χ2n) is 8.47. The molecule has 0 aliphatic heterocycles. The van der Waals surface area contributed by atoms with E-state index in [-0.39, 0.29) is 17.8 Å². The van der Waals surface area contributed by atoms with Gasteiger partial charge in [-0.25, -0.2) is 13.2 Å². The Bertz CT molecular complexity index is 433. The number of alkyl halides is 3. The molecule has 0 radical (unpaired) electrons. The summed E-state index contributed by atoms with van der Waals surface area (Å²) in [5, 5.41) is 0. The summed E-state index contributed by atoms with van der Waals surface area (Å²) < 4.78 is 50.3. The van der Waals surface area contributed by atoms with Gasteiger partial charge in [0.15, 0.2) is 0 Å². The van der Waals surface area contributed by atoms with Crippen molar-refractivity contribution in [1.82, 2.24) is 0 Å². The number of hydrogen-bond acceptors (Lipinski definition) is 1. The molecule has 0 bridgehead atoms. The van der Waals surface area contributed by atoms with Gasteiger partial charge >= 0.3 is 0 Å². The number of rotatable bonds is 5. The summed E-state index contributed by atoms with van der Waals surface area (Å²) in [6.45, 7) is 6.32. The molecule has 3 rings (SSSR count). The molecule has 3 fully saturated rings. The van der Waals surface area contributed by atoms with E-state index in [0.29, 0.717) is 25.4 Å². The molecule has 0 aromatic carbocycles. The first kappa shape index (κ1) is 19.3. The lowest BCUT2D eigenvalue weighted by molar-refractivity contribution is -0.131. The highest BCUT2D eigenvalue weighted by atomic mass is 19.2. The summed E-state index contributed by atoms with van der Waals surface area (Å²) >= 11 is 0. The second-order valence-corrected chi connectivity index (χ2v) is 8.47. The molecule has 0 spiro atoms. The fourth-order valence-corrected chi connectivity index (χ4v) is 5.58. The first-order chi connectivity index (χ1) is 12.1. The highest BCUT2D eigenvalue weighted by Crippen LogP contribution is 2.51. The first-order valence-electron chi connectivity index (χ1n) is 10.2. The zero-order chi connectivity index (χ0) is 18.0. The maximum atomic E-state index is 14.9. The van der Waals surface area contributed by atoms with Crippen LogP contribution < -0.4 is 0 Å². The number of ether oxygens (including phenoxy) is 1. The molecule has 4 heteroatoms. The van der Waals surface area contributed by atoms with Crippen molar-refractivity contribution in [2.75, 3.05) is 6.61 Å². The number of hydrogen-bond donors (Lipinski definition) is 0. The molecule has 3 aliphatic carbocycles. The Morgan fingerprint density at radius 2 is 1.60 bits per heavy atom. The topological polar surface area (TPSA) is 9.23 Å². The fraction of sp³-hybridized carbons (Fsp3) is 0.905. The van der Waals surface area contributed by atoms with Crippen LogP contribution in [0, 0.1) is 29.6 Å². The Hall–Kier alpha value is -0.510. The van der Waals surface area contributed by atoms with Crippen LogP contribution in [0.2, 0.25) is 0 Å². The Labute approximate surface area is 150 Å². The van der Waals surface area contributed by atoms with Gasteiger partial charge < -0.3 is 4.74 Å². The van der Waals surface area contributed by atoms with Crippen LogP contribution in [0.3, 0.4) is 0 Å². The Balaban J connectivity index is 1.64. The van der Waals surface area contributed by atoms with Gasteiger partial charge in [0.25, 0.3) is 0 Å². The quantitative estimate of drug-likeness (QED) is 0.562. The molecule has 144 valence electrons. The number of fused-ring (bicyclic) bond motifs is 1. The van der Waals surface area contributed by atoms with E-state index in [1.807, 2.05) is 13.0 Å². The van der Waals surface area contributed by atoms with Crippen molar-refractivity contribution >= 4 is 0 Å².